The molecule has 108 valence electrons. The fraction of sp³-hybridized carbons (Fsp3) is 0.857. The van der Waals surface area contributed by atoms with Crippen molar-refractivity contribution in [2.75, 3.05) is 13.7 Å². The van der Waals surface area contributed by atoms with Crippen LogP contribution in [-0.4, -0.2) is 48.6 Å². The minimum Gasteiger partial charge on any atom is -0.383 e. The van der Waals surface area contributed by atoms with Crippen molar-refractivity contribution in [1.82, 2.24) is 10.2 Å². The Labute approximate surface area is 114 Å². The molecule has 1 N–H and O–H groups in total. The van der Waals surface area contributed by atoms with Crippen molar-refractivity contribution < 1.29 is 14.3 Å². The van der Waals surface area contributed by atoms with Crippen molar-refractivity contribution in [3.05, 3.63) is 0 Å². The summed E-state index contributed by atoms with van der Waals surface area (Å²) in [5.41, 5.74) is 0. The lowest BCUT2D eigenvalue weighted by Gasteiger charge is -2.42. The highest BCUT2D eigenvalue weighted by Gasteiger charge is 2.47. The zero-order valence-electron chi connectivity index (χ0n) is 12.0. The highest BCUT2D eigenvalue weighted by molar-refractivity contribution is 5.97. The van der Waals surface area contributed by atoms with Crippen LogP contribution in [0.1, 0.15) is 39.5 Å². The Morgan fingerprint density at radius 2 is 2.11 bits per heavy atom. The van der Waals surface area contributed by atoms with Gasteiger partial charge in [0.15, 0.2) is 0 Å². The number of ether oxygens (including phenoxy) is 1. The van der Waals surface area contributed by atoms with E-state index in [9.17, 15) is 9.59 Å². The molecule has 19 heavy (non-hydrogen) atoms. The Balaban J connectivity index is 2.17. The summed E-state index contributed by atoms with van der Waals surface area (Å²) < 4.78 is 5.23. The van der Waals surface area contributed by atoms with Gasteiger partial charge in [0.1, 0.15) is 12.1 Å². The van der Waals surface area contributed by atoms with Crippen molar-refractivity contribution in [2.24, 2.45) is 5.92 Å². The number of hydrogen-bond acceptors (Lipinski definition) is 3. The van der Waals surface area contributed by atoms with Crippen molar-refractivity contribution in [1.29, 1.82) is 0 Å². The van der Waals surface area contributed by atoms with Crippen LogP contribution in [0.5, 0.6) is 0 Å². The highest BCUT2D eigenvalue weighted by atomic mass is 16.5. The number of nitrogens with zero attached hydrogens (tertiary/aromatic N) is 1. The molecule has 1 saturated carbocycles. The lowest BCUT2D eigenvalue weighted by molar-refractivity contribution is -0.153. The first-order valence-electron chi connectivity index (χ1n) is 7.21. The molecule has 1 saturated heterocycles. The van der Waals surface area contributed by atoms with Crippen molar-refractivity contribution >= 4 is 11.8 Å². The van der Waals surface area contributed by atoms with Crippen LogP contribution in [0.2, 0.25) is 0 Å². The van der Waals surface area contributed by atoms with Crippen molar-refractivity contribution in [3.63, 3.8) is 0 Å². The van der Waals surface area contributed by atoms with E-state index in [0.29, 0.717) is 12.5 Å². The second-order valence-electron chi connectivity index (χ2n) is 5.64. The van der Waals surface area contributed by atoms with Crippen LogP contribution in [0, 0.1) is 5.92 Å². The molecule has 0 aromatic heterocycles. The molecule has 5 nitrogen and oxygen atoms in total. The monoisotopic (exact) mass is 268 g/mol. The highest BCUT2D eigenvalue weighted by Crippen LogP contribution is 2.35. The summed E-state index contributed by atoms with van der Waals surface area (Å²) in [4.78, 5) is 26.4. The second-order valence-corrected chi connectivity index (χ2v) is 5.64. The fourth-order valence-corrected chi connectivity index (χ4v) is 2.89. The zero-order chi connectivity index (χ0) is 14.0. The molecule has 0 aromatic carbocycles. The van der Waals surface area contributed by atoms with E-state index in [4.69, 9.17) is 4.74 Å². The number of methoxy groups -OCH3 is 1. The van der Waals surface area contributed by atoms with Crippen LogP contribution in [0.15, 0.2) is 0 Å². The Morgan fingerprint density at radius 1 is 1.42 bits per heavy atom. The molecule has 3 atom stereocenters. The molecule has 2 fully saturated rings. The van der Waals surface area contributed by atoms with Crippen LogP contribution in [0.3, 0.4) is 0 Å². The average molecular weight is 268 g/mol. The maximum absolute atomic E-state index is 12.6. The van der Waals surface area contributed by atoms with Crippen LogP contribution in [0.4, 0.5) is 0 Å². The van der Waals surface area contributed by atoms with Gasteiger partial charge in [-0.25, -0.2) is 0 Å². The summed E-state index contributed by atoms with van der Waals surface area (Å²) in [6.07, 6.45) is 3.93. The third kappa shape index (κ3) is 2.91. The number of nitrogens with one attached hydrogen (secondary N) is 1. The second kappa shape index (κ2) is 5.90. The fourth-order valence-electron chi connectivity index (χ4n) is 2.89. The van der Waals surface area contributed by atoms with E-state index >= 15 is 0 Å². The van der Waals surface area contributed by atoms with E-state index in [2.05, 4.69) is 12.2 Å². The Morgan fingerprint density at radius 3 is 2.63 bits per heavy atom. The Hall–Kier alpha value is -1.10. The summed E-state index contributed by atoms with van der Waals surface area (Å²) in [7, 11) is 1.64. The van der Waals surface area contributed by atoms with Gasteiger partial charge in [-0.3, -0.25) is 9.59 Å². The van der Waals surface area contributed by atoms with E-state index in [-0.39, 0.29) is 23.9 Å². The number of carbonyl (C=O) groups is 2. The number of carbonyl (C=O) groups excluding carboxylic acids is 2. The van der Waals surface area contributed by atoms with Gasteiger partial charge in [0, 0.05) is 7.11 Å². The largest absolute Gasteiger partial charge is 0.383 e. The summed E-state index contributed by atoms with van der Waals surface area (Å²) in [5.74, 6) is 0.384. The van der Waals surface area contributed by atoms with Gasteiger partial charge in [-0.2, -0.15) is 0 Å². The van der Waals surface area contributed by atoms with E-state index in [0.717, 1.165) is 25.7 Å². The molecule has 0 aromatic rings. The molecule has 5 heteroatoms. The van der Waals surface area contributed by atoms with Gasteiger partial charge < -0.3 is 15.0 Å². The SMILES string of the molecule is CCCC(COC)N1C(=O)C(C2CC2)NC(=O)C1C. The molecular weight excluding hydrogens is 244 g/mol. The van der Waals surface area contributed by atoms with E-state index < -0.39 is 6.04 Å². The first kappa shape index (κ1) is 14.3. The first-order valence-corrected chi connectivity index (χ1v) is 7.21. The maximum Gasteiger partial charge on any atom is 0.246 e. The standard InChI is InChI=1S/C14H24N2O3/c1-4-5-11(8-19-3)16-9(2)13(17)15-12(14(16)18)10-6-7-10/h9-12H,4-8H2,1-3H3,(H,15,17). The van der Waals surface area contributed by atoms with Gasteiger partial charge in [0.2, 0.25) is 11.8 Å². The Bertz CT molecular complexity index is 349. The lowest BCUT2D eigenvalue weighted by Crippen LogP contribution is -2.66. The predicted molar refractivity (Wildman–Crippen MR) is 71.5 cm³/mol. The van der Waals surface area contributed by atoms with Gasteiger partial charge in [-0.1, -0.05) is 13.3 Å². The summed E-state index contributed by atoms with van der Waals surface area (Å²) in [6, 6.07) is -0.695. The Kier molecular flexibility index (Phi) is 4.45. The number of hydrogen-bond donors (Lipinski definition) is 1. The predicted octanol–water partition coefficient (Wildman–Crippen LogP) is 0.927. The smallest absolute Gasteiger partial charge is 0.246 e. The van der Waals surface area contributed by atoms with E-state index in [1.807, 2.05) is 0 Å². The van der Waals surface area contributed by atoms with Gasteiger partial charge >= 0.3 is 0 Å². The molecule has 1 heterocycles. The minimum absolute atomic E-state index is 0.00444. The molecule has 1 aliphatic heterocycles. The lowest BCUT2D eigenvalue weighted by atomic mass is 10.00. The van der Waals surface area contributed by atoms with Gasteiger partial charge in [-0.15, -0.1) is 0 Å². The molecule has 2 amide bonds. The van der Waals surface area contributed by atoms with Gasteiger partial charge in [0.25, 0.3) is 0 Å². The molecular formula is C14H24N2O3. The normalized spacial score (nSPS) is 29.3. The summed E-state index contributed by atoms with van der Waals surface area (Å²) >= 11 is 0. The maximum atomic E-state index is 12.6. The molecule has 2 aliphatic rings. The third-order valence-electron chi connectivity index (χ3n) is 4.08. The summed E-state index contributed by atoms with van der Waals surface area (Å²) in [5, 5.41) is 2.88. The van der Waals surface area contributed by atoms with E-state index in [1.54, 1.807) is 18.9 Å². The van der Waals surface area contributed by atoms with E-state index in [1.165, 1.54) is 0 Å². The van der Waals surface area contributed by atoms with Crippen LogP contribution >= 0.6 is 0 Å². The third-order valence-corrected chi connectivity index (χ3v) is 4.08. The molecule has 3 unspecified atom stereocenters. The van der Waals surface area contributed by atoms with Crippen molar-refractivity contribution in [3.8, 4) is 0 Å². The molecule has 1 aliphatic carbocycles. The topological polar surface area (TPSA) is 58.6 Å². The number of piperazine rings is 1. The van der Waals surface area contributed by atoms with Crippen LogP contribution < -0.4 is 5.32 Å². The zero-order valence-corrected chi connectivity index (χ0v) is 12.0. The molecule has 2 rings (SSSR count). The number of rotatable bonds is 6. The van der Waals surface area contributed by atoms with Crippen molar-refractivity contribution in [2.45, 2.75) is 57.7 Å². The quantitative estimate of drug-likeness (QED) is 0.779. The average Bonchev–Trinajstić information content (AvgIpc) is 3.19. The minimum atomic E-state index is -0.394. The molecule has 0 radical (unpaired) electrons. The summed E-state index contributed by atoms with van der Waals surface area (Å²) in [6.45, 7) is 4.38. The first-order chi connectivity index (χ1) is 9.10. The molecule has 0 spiro atoms. The molecule has 0 bridgehead atoms. The van der Waals surface area contributed by atoms with Crippen LogP contribution in [0.25, 0.3) is 0 Å². The van der Waals surface area contributed by atoms with Gasteiger partial charge in [0.05, 0.1) is 12.6 Å². The number of amides is 2. The van der Waals surface area contributed by atoms with Crippen LogP contribution in [-0.2, 0) is 14.3 Å². The van der Waals surface area contributed by atoms with Gasteiger partial charge in [-0.05, 0) is 32.1 Å².